The number of piperidine rings is 1. The first-order valence-corrected chi connectivity index (χ1v) is 12.7. The molecule has 4 atom stereocenters. The largest absolute Gasteiger partial charge is 0.376 e. The fourth-order valence-electron chi connectivity index (χ4n) is 5.94. The van der Waals surface area contributed by atoms with Crippen molar-refractivity contribution in [1.82, 2.24) is 15.5 Å². The number of amides is 3. The molecule has 2 N–H and O–H groups in total. The molecule has 0 bridgehead atoms. The molecular weight excluding hydrogens is 453 g/mol. The maximum atomic E-state index is 15.7. The van der Waals surface area contributed by atoms with E-state index in [0.29, 0.717) is 35.8 Å². The first-order valence-electron chi connectivity index (χ1n) is 12.7. The summed E-state index contributed by atoms with van der Waals surface area (Å²) in [6.45, 7) is 5.62. The average molecular weight is 488 g/mol. The molecule has 1 aromatic carbocycles. The van der Waals surface area contributed by atoms with Gasteiger partial charge in [0.25, 0.3) is 5.91 Å². The highest BCUT2D eigenvalue weighted by molar-refractivity contribution is 6.05. The van der Waals surface area contributed by atoms with Gasteiger partial charge in [-0.05, 0) is 57.6 Å². The van der Waals surface area contributed by atoms with Crippen molar-refractivity contribution >= 4 is 17.7 Å². The van der Waals surface area contributed by atoms with Crippen LogP contribution in [0.3, 0.4) is 0 Å². The number of imide groups is 1. The molecule has 0 aromatic heterocycles. The molecule has 35 heavy (non-hydrogen) atoms. The molecule has 3 fully saturated rings. The monoisotopic (exact) mass is 487 g/mol. The van der Waals surface area contributed by atoms with Crippen molar-refractivity contribution in [2.75, 3.05) is 13.2 Å². The van der Waals surface area contributed by atoms with Crippen LogP contribution in [0.2, 0.25) is 0 Å². The van der Waals surface area contributed by atoms with E-state index >= 15 is 4.39 Å². The second-order valence-electron chi connectivity index (χ2n) is 10.8. The molecule has 0 radical (unpaired) electrons. The van der Waals surface area contributed by atoms with E-state index in [0.717, 1.165) is 32.3 Å². The van der Waals surface area contributed by atoms with Crippen molar-refractivity contribution in [3.63, 3.8) is 0 Å². The number of fused-ring (bicyclic) bond motifs is 1. The fraction of sp³-hybridized carbons (Fsp3) is 0.654. The normalized spacial score (nSPS) is 30.8. The first kappa shape index (κ1) is 24.3. The van der Waals surface area contributed by atoms with E-state index in [-0.39, 0.29) is 48.9 Å². The summed E-state index contributed by atoms with van der Waals surface area (Å²) >= 11 is 0. The average Bonchev–Trinajstić information content (AvgIpc) is 3.13. The zero-order valence-electron chi connectivity index (χ0n) is 20.4. The van der Waals surface area contributed by atoms with Crippen LogP contribution in [-0.4, -0.2) is 65.7 Å². The van der Waals surface area contributed by atoms with Gasteiger partial charge in [0.1, 0.15) is 11.9 Å². The predicted octanol–water partition coefficient (Wildman–Crippen LogP) is 2.22. The number of hydrogen-bond donors (Lipinski definition) is 2. The van der Waals surface area contributed by atoms with Gasteiger partial charge in [-0.15, -0.1) is 0 Å². The van der Waals surface area contributed by atoms with Gasteiger partial charge < -0.3 is 19.7 Å². The Morgan fingerprint density at radius 2 is 2.00 bits per heavy atom. The molecule has 4 aliphatic rings. The van der Waals surface area contributed by atoms with Crippen molar-refractivity contribution in [3.8, 4) is 0 Å². The van der Waals surface area contributed by atoms with Crippen LogP contribution < -0.4 is 10.6 Å². The van der Waals surface area contributed by atoms with Crippen molar-refractivity contribution in [3.05, 3.63) is 34.6 Å². The van der Waals surface area contributed by atoms with E-state index in [9.17, 15) is 14.4 Å². The van der Waals surface area contributed by atoms with E-state index in [4.69, 9.17) is 9.47 Å². The summed E-state index contributed by atoms with van der Waals surface area (Å²) in [7, 11) is 0. The Bertz CT molecular complexity index is 1030. The van der Waals surface area contributed by atoms with Gasteiger partial charge in [0.05, 0.1) is 18.2 Å². The third-order valence-corrected chi connectivity index (χ3v) is 7.74. The van der Waals surface area contributed by atoms with Gasteiger partial charge >= 0.3 is 0 Å². The number of ether oxygens (including phenoxy) is 2. The first-order chi connectivity index (χ1) is 16.7. The summed E-state index contributed by atoms with van der Waals surface area (Å²) in [4.78, 5) is 38.1. The molecule has 2 unspecified atom stereocenters. The topological polar surface area (TPSA) is 97.0 Å². The van der Waals surface area contributed by atoms with Gasteiger partial charge in [-0.1, -0.05) is 6.07 Å². The summed E-state index contributed by atoms with van der Waals surface area (Å²) in [5.41, 5.74) is 0.976. The van der Waals surface area contributed by atoms with E-state index < -0.39 is 17.8 Å². The lowest BCUT2D eigenvalue weighted by Crippen LogP contribution is -2.53. The highest BCUT2D eigenvalue weighted by Crippen LogP contribution is 2.32. The molecule has 1 aromatic rings. The van der Waals surface area contributed by atoms with Crippen LogP contribution in [0.1, 0.15) is 73.9 Å². The van der Waals surface area contributed by atoms with Crippen molar-refractivity contribution in [2.45, 2.75) is 95.2 Å². The SMILES string of the molecule is CC1(C)CC(N[C@H]2CCCO[C@@H]2Cc2ccc3c(c2F)CN(C2CCC(=O)NC2=O)C3=O)CCO1. The Balaban J connectivity index is 1.29. The summed E-state index contributed by atoms with van der Waals surface area (Å²) in [5.74, 6) is -1.60. The summed E-state index contributed by atoms with van der Waals surface area (Å²) in [5, 5.41) is 6.04. The second kappa shape index (κ2) is 9.59. The molecule has 4 heterocycles. The lowest BCUT2D eigenvalue weighted by molar-refractivity contribution is -0.136. The Labute approximate surface area is 204 Å². The maximum absolute atomic E-state index is 15.7. The Morgan fingerprint density at radius 1 is 1.17 bits per heavy atom. The van der Waals surface area contributed by atoms with Crippen molar-refractivity contribution in [2.24, 2.45) is 0 Å². The number of carbonyl (C=O) groups excluding carboxylic acids is 3. The van der Waals surface area contributed by atoms with Crippen LogP contribution in [-0.2, 0) is 32.0 Å². The van der Waals surface area contributed by atoms with Crippen LogP contribution in [0.15, 0.2) is 12.1 Å². The van der Waals surface area contributed by atoms with Gasteiger partial charge in [-0.2, -0.15) is 0 Å². The van der Waals surface area contributed by atoms with E-state index in [1.165, 1.54) is 4.90 Å². The Kier molecular flexibility index (Phi) is 6.67. The summed E-state index contributed by atoms with van der Waals surface area (Å²) < 4.78 is 27.6. The van der Waals surface area contributed by atoms with Crippen LogP contribution in [0, 0.1) is 5.82 Å². The molecular formula is C26H34FN3O5. The molecule has 4 aliphatic heterocycles. The van der Waals surface area contributed by atoms with Gasteiger partial charge in [-0.25, -0.2) is 4.39 Å². The number of carbonyl (C=O) groups is 3. The second-order valence-corrected chi connectivity index (χ2v) is 10.8. The Morgan fingerprint density at radius 3 is 2.77 bits per heavy atom. The zero-order chi connectivity index (χ0) is 24.7. The molecule has 5 rings (SSSR count). The number of rotatable bonds is 5. The van der Waals surface area contributed by atoms with Crippen molar-refractivity contribution in [1.29, 1.82) is 0 Å². The molecule has 0 saturated carbocycles. The molecule has 3 saturated heterocycles. The minimum Gasteiger partial charge on any atom is -0.376 e. The molecule has 8 nitrogen and oxygen atoms in total. The maximum Gasteiger partial charge on any atom is 0.255 e. The minimum absolute atomic E-state index is 0.0322. The smallest absolute Gasteiger partial charge is 0.255 e. The third kappa shape index (κ3) is 4.99. The van der Waals surface area contributed by atoms with Crippen molar-refractivity contribution < 1.29 is 28.2 Å². The minimum atomic E-state index is -0.755. The molecule has 0 spiro atoms. The van der Waals surface area contributed by atoms with Gasteiger partial charge in [0.2, 0.25) is 11.8 Å². The van der Waals surface area contributed by atoms with E-state index in [1.54, 1.807) is 12.1 Å². The lowest BCUT2D eigenvalue weighted by Gasteiger charge is -2.40. The molecule has 0 aliphatic carbocycles. The van der Waals surface area contributed by atoms with Gasteiger partial charge in [0.15, 0.2) is 0 Å². The quantitative estimate of drug-likeness (QED) is 0.619. The van der Waals surface area contributed by atoms with Crippen LogP contribution in [0.25, 0.3) is 0 Å². The highest BCUT2D eigenvalue weighted by Gasteiger charge is 2.41. The molecule has 190 valence electrons. The van der Waals surface area contributed by atoms with Crippen LogP contribution in [0.5, 0.6) is 0 Å². The summed E-state index contributed by atoms with van der Waals surface area (Å²) in [6, 6.07) is 3.03. The molecule has 9 heteroatoms. The number of benzene rings is 1. The zero-order valence-corrected chi connectivity index (χ0v) is 20.4. The number of nitrogens with one attached hydrogen (secondary N) is 2. The van der Waals surface area contributed by atoms with Crippen LogP contribution >= 0.6 is 0 Å². The van der Waals surface area contributed by atoms with E-state index in [2.05, 4.69) is 24.5 Å². The molecule has 3 amide bonds. The van der Waals surface area contributed by atoms with Gasteiger partial charge in [0, 0.05) is 49.3 Å². The predicted molar refractivity (Wildman–Crippen MR) is 125 cm³/mol. The lowest BCUT2D eigenvalue weighted by atomic mass is 9.90. The Hall–Kier alpha value is -2.36. The highest BCUT2D eigenvalue weighted by atomic mass is 19.1. The third-order valence-electron chi connectivity index (χ3n) is 7.74. The number of halogens is 1. The van der Waals surface area contributed by atoms with E-state index in [1.807, 2.05) is 0 Å². The van der Waals surface area contributed by atoms with Crippen LogP contribution in [0.4, 0.5) is 4.39 Å². The number of hydrogen-bond acceptors (Lipinski definition) is 6. The summed E-state index contributed by atoms with van der Waals surface area (Å²) in [6.07, 6.45) is 4.47. The van der Waals surface area contributed by atoms with Gasteiger partial charge in [-0.3, -0.25) is 19.7 Å². The number of nitrogens with zero attached hydrogens (tertiary/aromatic N) is 1. The fourth-order valence-corrected chi connectivity index (χ4v) is 5.94. The standard InChI is InChI=1S/C26H34FN3O5/c1-26(2)13-16(9-11-35-26)28-19-4-3-10-34-21(19)12-15-5-6-17-18(23(15)27)14-30(25(17)33)20-7-8-22(31)29-24(20)32/h5-6,16,19-21,28H,3-4,7-14H2,1-2H3,(H,29,31,32)/t16?,19-,20?,21+/m0/s1.